The highest BCUT2D eigenvalue weighted by molar-refractivity contribution is 5.95. The molecule has 0 spiro atoms. The lowest BCUT2D eigenvalue weighted by atomic mass is 10.1. The Morgan fingerprint density at radius 3 is 2.75 bits per heavy atom. The molecule has 6 heteroatoms. The smallest absolute Gasteiger partial charge is 0.308 e. The van der Waals surface area contributed by atoms with Crippen molar-refractivity contribution >= 4 is 17.6 Å². The summed E-state index contributed by atoms with van der Waals surface area (Å²) < 4.78 is 4.80. The first-order chi connectivity index (χ1) is 9.49. The zero-order valence-corrected chi connectivity index (χ0v) is 11.4. The lowest BCUT2D eigenvalue weighted by Gasteiger charge is -2.24. The summed E-state index contributed by atoms with van der Waals surface area (Å²) in [4.78, 5) is 24.3. The molecule has 0 bridgehead atoms. The second-order valence-corrected chi connectivity index (χ2v) is 4.34. The molecule has 1 rings (SSSR count). The largest absolute Gasteiger partial charge is 0.481 e. The van der Waals surface area contributed by atoms with Crippen LogP contribution in [0.25, 0.3) is 0 Å². The van der Waals surface area contributed by atoms with Crippen LogP contribution in [0, 0.1) is 17.2 Å². The molecular formula is C14H16N2O4. The summed E-state index contributed by atoms with van der Waals surface area (Å²) in [6.45, 7) is 1.39. The minimum atomic E-state index is -0.989. The number of carbonyl (C=O) groups is 2. The van der Waals surface area contributed by atoms with Gasteiger partial charge in [0.15, 0.2) is 0 Å². The Kier molecular flexibility index (Phi) is 5.69. The maximum absolute atomic E-state index is 12.0. The SMILES string of the molecule is COCC(=O)N(CC(C)C(=O)O)c1cccc(C#N)c1. The van der Waals surface area contributed by atoms with E-state index in [1.54, 1.807) is 24.3 Å². The molecule has 0 aliphatic rings. The summed E-state index contributed by atoms with van der Waals surface area (Å²) in [6, 6.07) is 8.44. The minimum absolute atomic E-state index is 0.0202. The lowest BCUT2D eigenvalue weighted by Crippen LogP contribution is -2.39. The molecule has 0 aliphatic heterocycles. The predicted octanol–water partition coefficient (Wildman–Crippen LogP) is 1.26. The van der Waals surface area contributed by atoms with Crippen molar-refractivity contribution in [2.75, 3.05) is 25.2 Å². The molecule has 20 heavy (non-hydrogen) atoms. The number of aliphatic carboxylic acids is 1. The number of ether oxygens (including phenoxy) is 1. The van der Waals surface area contributed by atoms with E-state index in [2.05, 4.69) is 0 Å². The number of hydrogen-bond acceptors (Lipinski definition) is 4. The molecular weight excluding hydrogens is 260 g/mol. The molecule has 0 saturated carbocycles. The maximum atomic E-state index is 12.0. The first kappa shape index (κ1) is 15.7. The molecule has 0 heterocycles. The fraction of sp³-hybridized carbons (Fsp3) is 0.357. The standard InChI is InChI=1S/C14H16N2O4/c1-10(14(18)19)8-16(13(17)9-20-2)12-5-3-4-11(6-12)7-15/h3-6,10H,8-9H2,1-2H3,(H,18,19). The zero-order valence-electron chi connectivity index (χ0n) is 11.4. The van der Waals surface area contributed by atoms with E-state index >= 15 is 0 Å². The Morgan fingerprint density at radius 2 is 2.20 bits per heavy atom. The van der Waals surface area contributed by atoms with Gasteiger partial charge in [-0.2, -0.15) is 5.26 Å². The Hall–Kier alpha value is -2.39. The monoisotopic (exact) mass is 276 g/mol. The van der Waals surface area contributed by atoms with Gasteiger partial charge in [-0.15, -0.1) is 0 Å². The number of nitrogens with zero attached hydrogens (tertiary/aromatic N) is 2. The number of anilines is 1. The third kappa shape index (κ3) is 4.07. The van der Waals surface area contributed by atoms with E-state index in [1.165, 1.54) is 18.9 Å². The van der Waals surface area contributed by atoms with E-state index in [0.29, 0.717) is 11.3 Å². The van der Waals surface area contributed by atoms with Crippen molar-refractivity contribution in [1.82, 2.24) is 0 Å². The Balaban J connectivity index is 3.06. The molecule has 0 fully saturated rings. The second-order valence-electron chi connectivity index (χ2n) is 4.34. The average molecular weight is 276 g/mol. The van der Waals surface area contributed by atoms with Gasteiger partial charge in [-0.05, 0) is 18.2 Å². The zero-order chi connectivity index (χ0) is 15.1. The normalized spacial score (nSPS) is 11.4. The van der Waals surface area contributed by atoms with Gasteiger partial charge in [-0.1, -0.05) is 13.0 Å². The van der Waals surface area contributed by atoms with Crippen molar-refractivity contribution in [1.29, 1.82) is 5.26 Å². The quantitative estimate of drug-likeness (QED) is 0.844. The second kappa shape index (κ2) is 7.26. The summed E-state index contributed by atoms with van der Waals surface area (Å²) in [7, 11) is 1.39. The summed E-state index contributed by atoms with van der Waals surface area (Å²) in [5.74, 6) is -2.06. The number of rotatable bonds is 6. The van der Waals surface area contributed by atoms with Gasteiger partial charge in [0.1, 0.15) is 6.61 Å². The van der Waals surface area contributed by atoms with Gasteiger partial charge in [0.05, 0.1) is 17.6 Å². The lowest BCUT2D eigenvalue weighted by molar-refractivity contribution is -0.140. The van der Waals surface area contributed by atoms with Crippen LogP contribution in [0.2, 0.25) is 0 Å². The number of amides is 1. The molecule has 0 radical (unpaired) electrons. The highest BCUT2D eigenvalue weighted by atomic mass is 16.5. The third-order valence-corrected chi connectivity index (χ3v) is 2.73. The Bertz CT molecular complexity index is 536. The summed E-state index contributed by atoms with van der Waals surface area (Å²) in [5.41, 5.74) is 0.889. The Morgan fingerprint density at radius 1 is 1.50 bits per heavy atom. The van der Waals surface area contributed by atoms with Crippen LogP contribution in [0.1, 0.15) is 12.5 Å². The maximum Gasteiger partial charge on any atom is 0.308 e. The van der Waals surface area contributed by atoms with Gasteiger partial charge in [-0.3, -0.25) is 9.59 Å². The first-order valence-corrected chi connectivity index (χ1v) is 6.02. The molecule has 1 aromatic rings. The van der Waals surface area contributed by atoms with E-state index < -0.39 is 11.9 Å². The van der Waals surface area contributed by atoms with Crippen LogP contribution in [0.15, 0.2) is 24.3 Å². The van der Waals surface area contributed by atoms with Crippen molar-refractivity contribution in [3.05, 3.63) is 29.8 Å². The van der Waals surface area contributed by atoms with Gasteiger partial charge >= 0.3 is 5.97 Å². The number of hydrogen-bond donors (Lipinski definition) is 1. The van der Waals surface area contributed by atoms with E-state index in [1.807, 2.05) is 6.07 Å². The van der Waals surface area contributed by atoms with E-state index in [9.17, 15) is 9.59 Å². The molecule has 6 nitrogen and oxygen atoms in total. The van der Waals surface area contributed by atoms with Gasteiger partial charge in [-0.25, -0.2) is 0 Å². The predicted molar refractivity (Wildman–Crippen MR) is 72.2 cm³/mol. The fourth-order valence-electron chi connectivity index (χ4n) is 1.65. The molecule has 1 amide bonds. The highest BCUT2D eigenvalue weighted by Gasteiger charge is 2.22. The number of methoxy groups -OCH3 is 1. The molecule has 1 N–H and O–H groups in total. The third-order valence-electron chi connectivity index (χ3n) is 2.73. The van der Waals surface area contributed by atoms with Gasteiger partial charge in [0, 0.05) is 19.3 Å². The van der Waals surface area contributed by atoms with Gasteiger partial charge in [0.2, 0.25) is 0 Å². The first-order valence-electron chi connectivity index (χ1n) is 6.02. The van der Waals surface area contributed by atoms with E-state index in [0.717, 1.165) is 0 Å². The van der Waals surface area contributed by atoms with Gasteiger partial charge < -0.3 is 14.7 Å². The fourth-order valence-corrected chi connectivity index (χ4v) is 1.65. The molecule has 0 aromatic heterocycles. The molecule has 1 aromatic carbocycles. The van der Waals surface area contributed by atoms with Crippen LogP contribution in [-0.4, -0.2) is 37.2 Å². The summed E-state index contributed by atoms with van der Waals surface area (Å²) in [6.07, 6.45) is 0. The number of benzene rings is 1. The van der Waals surface area contributed by atoms with Crippen LogP contribution >= 0.6 is 0 Å². The number of nitriles is 1. The average Bonchev–Trinajstić information content (AvgIpc) is 2.44. The molecule has 1 unspecified atom stereocenters. The van der Waals surface area contributed by atoms with Crippen molar-refractivity contribution in [3.63, 3.8) is 0 Å². The Labute approximate surface area is 117 Å². The summed E-state index contributed by atoms with van der Waals surface area (Å²) in [5, 5.41) is 17.9. The molecule has 0 aliphatic carbocycles. The van der Waals surface area contributed by atoms with Crippen molar-refractivity contribution < 1.29 is 19.4 Å². The van der Waals surface area contributed by atoms with Crippen molar-refractivity contribution in [2.24, 2.45) is 5.92 Å². The summed E-state index contributed by atoms with van der Waals surface area (Å²) >= 11 is 0. The number of carboxylic acid groups (broad SMARTS) is 1. The molecule has 106 valence electrons. The van der Waals surface area contributed by atoms with Crippen LogP contribution < -0.4 is 4.90 Å². The van der Waals surface area contributed by atoms with Crippen LogP contribution in [0.4, 0.5) is 5.69 Å². The van der Waals surface area contributed by atoms with E-state index in [4.69, 9.17) is 15.1 Å². The van der Waals surface area contributed by atoms with Crippen LogP contribution in [0.3, 0.4) is 0 Å². The van der Waals surface area contributed by atoms with Gasteiger partial charge in [0.25, 0.3) is 5.91 Å². The number of carboxylic acids is 1. The van der Waals surface area contributed by atoms with E-state index in [-0.39, 0.29) is 19.1 Å². The van der Waals surface area contributed by atoms with Crippen molar-refractivity contribution in [2.45, 2.75) is 6.92 Å². The van der Waals surface area contributed by atoms with Crippen LogP contribution in [-0.2, 0) is 14.3 Å². The highest BCUT2D eigenvalue weighted by Crippen LogP contribution is 2.18. The number of carbonyl (C=O) groups excluding carboxylic acids is 1. The van der Waals surface area contributed by atoms with Crippen LogP contribution in [0.5, 0.6) is 0 Å². The molecule has 0 saturated heterocycles. The van der Waals surface area contributed by atoms with Crippen molar-refractivity contribution in [3.8, 4) is 6.07 Å². The molecule has 1 atom stereocenters. The topological polar surface area (TPSA) is 90.6 Å². The minimum Gasteiger partial charge on any atom is -0.481 e.